The first kappa shape index (κ1) is 14.3. The molecule has 1 amide bonds. The molecule has 6 heteroatoms. The molecule has 2 heterocycles. The maximum absolute atomic E-state index is 12.2. The summed E-state index contributed by atoms with van der Waals surface area (Å²) in [6, 6.07) is 3.93. The molecular weight excluding hydrogens is 268 g/mol. The quantitative estimate of drug-likeness (QED) is 0.911. The first-order valence-electron chi connectivity index (χ1n) is 7.80. The summed E-state index contributed by atoms with van der Waals surface area (Å²) in [5, 5.41) is 11.3. The molecule has 0 aromatic carbocycles. The third kappa shape index (κ3) is 3.69. The van der Waals surface area contributed by atoms with Crippen LogP contribution in [0.2, 0.25) is 0 Å². The summed E-state index contributed by atoms with van der Waals surface area (Å²) in [4.78, 5) is 14.3. The van der Waals surface area contributed by atoms with Gasteiger partial charge in [0, 0.05) is 19.1 Å². The highest BCUT2D eigenvalue weighted by Gasteiger charge is 2.18. The van der Waals surface area contributed by atoms with Crippen LogP contribution in [0.4, 0.5) is 5.82 Å². The molecule has 1 aromatic rings. The van der Waals surface area contributed by atoms with E-state index in [1.165, 1.54) is 19.3 Å². The Morgan fingerprint density at radius 2 is 1.90 bits per heavy atom. The predicted octanol–water partition coefficient (Wildman–Crippen LogP) is 1.38. The van der Waals surface area contributed by atoms with Gasteiger partial charge in [-0.15, -0.1) is 10.2 Å². The normalized spacial score (nSPS) is 20.3. The third-order valence-corrected chi connectivity index (χ3v) is 4.16. The van der Waals surface area contributed by atoms with E-state index in [2.05, 4.69) is 20.4 Å². The average molecular weight is 290 g/mol. The Hall–Kier alpha value is -1.69. The number of rotatable bonds is 3. The van der Waals surface area contributed by atoms with E-state index in [1.54, 1.807) is 6.07 Å². The summed E-state index contributed by atoms with van der Waals surface area (Å²) in [6.45, 7) is 3.07. The van der Waals surface area contributed by atoms with Crippen LogP contribution in [0.1, 0.15) is 42.6 Å². The van der Waals surface area contributed by atoms with Crippen molar-refractivity contribution in [3.8, 4) is 0 Å². The highest BCUT2D eigenvalue weighted by molar-refractivity contribution is 5.92. The van der Waals surface area contributed by atoms with Gasteiger partial charge in [0.25, 0.3) is 5.91 Å². The molecule has 1 saturated carbocycles. The number of amides is 1. The zero-order valence-corrected chi connectivity index (χ0v) is 12.3. The van der Waals surface area contributed by atoms with Crippen molar-refractivity contribution in [3.05, 3.63) is 17.8 Å². The van der Waals surface area contributed by atoms with Gasteiger partial charge in [-0.3, -0.25) is 4.79 Å². The molecule has 1 N–H and O–H groups in total. The van der Waals surface area contributed by atoms with Gasteiger partial charge in [0.15, 0.2) is 11.5 Å². The van der Waals surface area contributed by atoms with Crippen molar-refractivity contribution in [2.24, 2.45) is 0 Å². The fourth-order valence-corrected chi connectivity index (χ4v) is 2.91. The van der Waals surface area contributed by atoms with Crippen LogP contribution >= 0.6 is 0 Å². The Morgan fingerprint density at radius 1 is 1.14 bits per heavy atom. The van der Waals surface area contributed by atoms with Gasteiger partial charge in [0.1, 0.15) is 0 Å². The lowest BCUT2D eigenvalue weighted by Crippen LogP contribution is -2.38. The molecule has 0 atom stereocenters. The molecule has 2 fully saturated rings. The van der Waals surface area contributed by atoms with Gasteiger partial charge < -0.3 is 15.0 Å². The van der Waals surface area contributed by atoms with E-state index in [1.807, 2.05) is 6.07 Å². The third-order valence-electron chi connectivity index (χ3n) is 4.16. The lowest BCUT2D eigenvalue weighted by molar-refractivity contribution is 0.0921. The molecule has 0 bridgehead atoms. The summed E-state index contributed by atoms with van der Waals surface area (Å²) in [5.41, 5.74) is 0.401. The molecule has 1 aliphatic heterocycles. The van der Waals surface area contributed by atoms with Crippen molar-refractivity contribution in [1.29, 1.82) is 0 Å². The number of morpholine rings is 1. The van der Waals surface area contributed by atoms with Gasteiger partial charge in [-0.1, -0.05) is 19.3 Å². The molecule has 0 radical (unpaired) electrons. The van der Waals surface area contributed by atoms with Gasteiger partial charge in [0.2, 0.25) is 0 Å². The van der Waals surface area contributed by atoms with Gasteiger partial charge in [0.05, 0.1) is 13.2 Å². The summed E-state index contributed by atoms with van der Waals surface area (Å²) >= 11 is 0. The smallest absolute Gasteiger partial charge is 0.272 e. The lowest BCUT2D eigenvalue weighted by Gasteiger charge is -2.27. The molecule has 21 heavy (non-hydrogen) atoms. The molecule has 1 aromatic heterocycles. The van der Waals surface area contributed by atoms with Crippen molar-refractivity contribution >= 4 is 11.7 Å². The number of aromatic nitrogens is 2. The Kier molecular flexibility index (Phi) is 4.65. The second-order valence-corrected chi connectivity index (χ2v) is 5.68. The van der Waals surface area contributed by atoms with E-state index in [0.29, 0.717) is 24.9 Å². The topological polar surface area (TPSA) is 67.4 Å². The number of nitrogens with zero attached hydrogens (tertiary/aromatic N) is 3. The number of ether oxygens (including phenoxy) is 1. The second kappa shape index (κ2) is 6.85. The Balaban J connectivity index is 1.58. The van der Waals surface area contributed by atoms with E-state index in [9.17, 15) is 4.79 Å². The van der Waals surface area contributed by atoms with Crippen molar-refractivity contribution < 1.29 is 9.53 Å². The molecule has 3 rings (SSSR count). The highest BCUT2D eigenvalue weighted by atomic mass is 16.5. The largest absolute Gasteiger partial charge is 0.378 e. The fourth-order valence-electron chi connectivity index (χ4n) is 2.91. The maximum atomic E-state index is 12.2. The van der Waals surface area contributed by atoms with Gasteiger partial charge >= 0.3 is 0 Å². The van der Waals surface area contributed by atoms with Crippen molar-refractivity contribution in [2.75, 3.05) is 31.2 Å². The van der Waals surface area contributed by atoms with Crippen LogP contribution in [0, 0.1) is 0 Å². The number of carbonyl (C=O) groups excluding carboxylic acids is 1. The molecule has 2 aliphatic rings. The number of hydrogen-bond donors (Lipinski definition) is 1. The van der Waals surface area contributed by atoms with E-state index in [0.717, 1.165) is 31.7 Å². The zero-order chi connectivity index (χ0) is 14.5. The summed E-state index contributed by atoms with van der Waals surface area (Å²) < 4.78 is 5.31. The average Bonchev–Trinajstić information content (AvgIpc) is 2.57. The first-order valence-corrected chi connectivity index (χ1v) is 7.80. The SMILES string of the molecule is O=C(NC1CCCCC1)c1ccc(N2CCOCC2)nn1. The van der Waals surface area contributed by atoms with Crippen LogP contribution in [0.15, 0.2) is 12.1 Å². The second-order valence-electron chi connectivity index (χ2n) is 5.68. The Bertz CT molecular complexity index is 465. The molecular formula is C15H22N4O2. The molecule has 0 spiro atoms. The standard InChI is InChI=1S/C15H22N4O2/c20-15(16-12-4-2-1-3-5-12)13-6-7-14(18-17-13)19-8-10-21-11-9-19/h6-7,12H,1-5,8-11H2,(H,16,20). The molecule has 6 nitrogen and oxygen atoms in total. The van der Waals surface area contributed by atoms with Gasteiger partial charge in [-0.25, -0.2) is 0 Å². The van der Waals surface area contributed by atoms with Crippen LogP contribution in [0.25, 0.3) is 0 Å². The molecule has 1 aliphatic carbocycles. The van der Waals surface area contributed by atoms with Crippen molar-refractivity contribution in [3.63, 3.8) is 0 Å². The van der Waals surface area contributed by atoms with Gasteiger partial charge in [-0.05, 0) is 25.0 Å². The molecule has 114 valence electrons. The van der Waals surface area contributed by atoms with E-state index in [-0.39, 0.29) is 5.91 Å². The monoisotopic (exact) mass is 290 g/mol. The van der Waals surface area contributed by atoms with Crippen LogP contribution in [-0.4, -0.2) is 48.4 Å². The number of hydrogen-bond acceptors (Lipinski definition) is 5. The predicted molar refractivity (Wildman–Crippen MR) is 79.4 cm³/mol. The molecule has 0 unspecified atom stereocenters. The molecule has 1 saturated heterocycles. The van der Waals surface area contributed by atoms with E-state index < -0.39 is 0 Å². The van der Waals surface area contributed by atoms with Crippen molar-refractivity contribution in [2.45, 2.75) is 38.1 Å². The minimum atomic E-state index is -0.108. The van der Waals surface area contributed by atoms with Crippen LogP contribution in [-0.2, 0) is 4.74 Å². The Labute approximate surface area is 124 Å². The minimum absolute atomic E-state index is 0.108. The number of carbonyl (C=O) groups is 1. The number of nitrogens with one attached hydrogen (secondary N) is 1. The Morgan fingerprint density at radius 3 is 2.57 bits per heavy atom. The fraction of sp³-hybridized carbons (Fsp3) is 0.667. The van der Waals surface area contributed by atoms with E-state index in [4.69, 9.17) is 4.74 Å². The van der Waals surface area contributed by atoms with Crippen LogP contribution < -0.4 is 10.2 Å². The zero-order valence-electron chi connectivity index (χ0n) is 12.3. The van der Waals surface area contributed by atoms with Crippen LogP contribution in [0.5, 0.6) is 0 Å². The maximum Gasteiger partial charge on any atom is 0.272 e. The van der Waals surface area contributed by atoms with Crippen molar-refractivity contribution in [1.82, 2.24) is 15.5 Å². The first-order chi connectivity index (χ1) is 10.3. The summed E-state index contributed by atoms with van der Waals surface area (Å²) in [7, 11) is 0. The minimum Gasteiger partial charge on any atom is -0.378 e. The van der Waals surface area contributed by atoms with E-state index >= 15 is 0 Å². The summed E-state index contributed by atoms with van der Waals surface area (Å²) in [6.07, 6.45) is 5.83. The van der Waals surface area contributed by atoms with Crippen LogP contribution in [0.3, 0.4) is 0 Å². The lowest BCUT2D eigenvalue weighted by atomic mass is 9.95. The van der Waals surface area contributed by atoms with Gasteiger partial charge in [-0.2, -0.15) is 0 Å². The highest BCUT2D eigenvalue weighted by Crippen LogP contribution is 2.18. The number of anilines is 1. The summed E-state index contributed by atoms with van der Waals surface area (Å²) in [5.74, 6) is 0.704.